The Bertz CT molecular complexity index is 439. The number of hydrogen-bond acceptors (Lipinski definition) is 1. The third kappa shape index (κ3) is 3.82. The first-order valence-electron chi connectivity index (χ1n) is 7.15. The molecule has 1 saturated carbocycles. The number of carbonyl (C=O) groups excluding carboxylic acids is 1. The number of carbonyl (C=O) groups is 1. The molecule has 0 saturated heterocycles. The summed E-state index contributed by atoms with van der Waals surface area (Å²) >= 11 is 3.49. The number of aryl methyl sites for hydroxylation is 2. The minimum atomic E-state index is 0.199. The van der Waals surface area contributed by atoms with Crippen molar-refractivity contribution in [3.63, 3.8) is 0 Å². The summed E-state index contributed by atoms with van der Waals surface area (Å²) in [5.41, 5.74) is 3.22. The van der Waals surface area contributed by atoms with E-state index < -0.39 is 0 Å². The smallest absolute Gasteiger partial charge is 0.227 e. The highest BCUT2D eigenvalue weighted by Gasteiger charge is 2.21. The summed E-state index contributed by atoms with van der Waals surface area (Å²) < 4.78 is 1.06. The first-order chi connectivity index (χ1) is 9.08. The van der Waals surface area contributed by atoms with Crippen LogP contribution in [0.25, 0.3) is 0 Å². The van der Waals surface area contributed by atoms with Crippen molar-refractivity contribution in [3.8, 4) is 0 Å². The second-order valence-electron chi connectivity index (χ2n) is 5.59. The SMILES string of the molecule is Cc1cc(Br)cc(C)c1NC(=O)C1CCCCCC1. The van der Waals surface area contributed by atoms with Gasteiger partial charge in [0.05, 0.1) is 0 Å². The average molecular weight is 324 g/mol. The molecule has 1 N–H and O–H groups in total. The molecule has 19 heavy (non-hydrogen) atoms. The van der Waals surface area contributed by atoms with Gasteiger partial charge < -0.3 is 5.32 Å². The molecule has 1 aliphatic rings. The van der Waals surface area contributed by atoms with Crippen LogP contribution >= 0.6 is 15.9 Å². The highest BCUT2D eigenvalue weighted by molar-refractivity contribution is 9.10. The van der Waals surface area contributed by atoms with Crippen LogP contribution in [0.2, 0.25) is 0 Å². The first-order valence-corrected chi connectivity index (χ1v) is 7.95. The third-order valence-corrected chi connectivity index (χ3v) is 4.43. The Hall–Kier alpha value is -0.830. The van der Waals surface area contributed by atoms with E-state index in [1.165, 1.54) is 25.7 Å². The van der Waals surface area contributed by atoms with Crippen LogP contribution < -0.4 is 5.32 Å². The molecule has 1 aliphatic carbocycles. The predicted molar refractivity (Wildman–Crippen MR) is 83.4 cm³/mol. The van der Waals surface area contributed by atoms with E-state index in [0.717, 1.165) is 34.1 Å². The van der Waals surface area contributed by atoms with Crippen molar-refractivity contribution in [2.75, 3.05) is 5.32 Å². The fourth-order valence-corrected chi connectivity index (χ4v) is 3.56. The van der Waals surface area contributed by atoms with Gasteiger partial charge in [-0.05, 0) is 49.9 Å². The molecule has 1 aromatic rings. The third-order valence-electron chi connectivity index (χ3n) is 3.97. The maximum absolute atomic E-state index is 12.4. The lowest BCUT2D eigenvalue weighted by Crippen LogP contribution is -2.23. The van der Waals surface area contributed by atoms with Crippen molar-refractivity contribution in [2.45, 2.75) is 52.4 Å². The van der Waals surface area contributed by atoms with Gasteiger partial charge in [0.1, 0.15) is 0 Å². The molecule has 2 nitrogen and oxygen atoms in total. The number of nitrogens with one attached hydrogen (secondary N) is 1. The monoisotopic (exact) mass is 323 g/mol. The zero-order chi connectivity index (χ0) is 13.8. The molecule has 0 aliphatic heterocycles. The van der Waals surface area contributed by atoms with E-state index in [-0.39, 0.29) is 11.8 Å². The zero-order valence-electron chi connectivity index (χ0n) is 11.8. The van der Waals surface area contributed by atoms with Gasteiger partial charge in [0.15, 0.2) is 0 Å². The Morgan fingerprint density at radius 3 is 2.16 bits per heavy atom. The van der Waals surface area contributed by atoms with E-state index in [2.05, 4.69) is 33.4 Å². The topological polar surface area (TPSA) is 29.1 Å². The summed E-state index contributed by atoms with van der Waals surface area (Å²) in [5, 5.41) is 3.14. The molecule has 0 bridgehead atoms. The molecule has 0 unspecified atom stereocenters. The van der Waals surface area contributed by atoms with Crippen LogP contribution in [0.1, 0.15) is 49.7 Å². The van der Waals surface area contributed by atoms with Crippen LogP contribution in [0.15, 0.2) is 16.6 Å². The summed E-state index contributed by atoms with van der Waals surface area (Å²) in [7, 11) is 0. The van der Waals surface area contributed by atoms with Gasteiger partial charge in [-0.15, -0.1) is 0 Å². The Kier molecular flexibility index (Phi) is 5.03. The Labute approximate surface area is 124 Å². The van der Waals surface area contributed by atoms with Crippen molar-refractivity contribution in [2.24, 2.45) is 5.92 Å². The maximum atomic E-state index is 12.4. The molecule has 104 valence electrons. The van der Waals surface area contributed by atoms with Gasteiger partial charge in [-0.3, -0.25) is 4.79 Å². The van der Waals surface area contributed by atoms with Crippen molar-refractivity contribution in [1.82, 2.24) is 0 Å². The van der Waals surface area contributed by atoms with Crippen molar-refractivity contribution < 1.29 is 4.79 Å². The molecule has 1 amide bonds. The molecule has 1 aromatic carbocycles. The number of amides is 1. The number of benzene rings is 1. The molecule has 1 fully saturated rings. The molecular weight excluding hydrogens is 302 g/mol. The molecule has 3 heteroatoms. The van der Waals surface area contributed by atoms with E-state index >= 15 is 0 Å². The summed E-state index contributed by atoms with van der Waals surface area (Å²) in [6.45, 7) is 4.08. The van der Waals surface area contributed by atoms with Gasteiger partial charge in [-0.1, -0.05) is 41.6 Å². The predicted octanol–water partition coefficient (Wildman–Crippen LogP) is 4.97. The Morgan fingerprint density at radius 2 is 1.63 bits per heavy atom. The molecule has 0 spiro atoms. The highest BCUT2D eigenvalue weighted by Crippen LogP contribution is 2.28. The van der Waals surface area contributed by atoms with Gasteiger partial charge in [-0.2, -0.15) is 0 Å². The average Bonchev–Trinajstić information content (AvgIpc) is 2.62. The minimum Gasteiger partial charge on any atom is -0.325 e. The fraction of sp³-hybridized carbons (Fsp3) is 0.562. The number of hydrogen-bond donors (Lipinski definition) is 1. The lowest BCUT2D eigenvalue weighted by Gasteiger charge is -2.17. The van der Waals surface area contributed by atoms with E-state index in [1.54, 1.807) is 0 Å². The van der Waals surface area contributed by atoms with Crippen molar-refractivity contribution in [3.05, 3.63) is 27.7 Å². The lowest BCUT2D eigenvalue weighted by molar-refractivity contribution is -0.120. The standard InChI is InChI=1S/C16H22BrNO/c1-11-9-14(17)10-12(2)15(11)18-16(19)13-7-5-3-4-6-8-13/h9-10,13H,3-8H2,1-2H3,(H,18,19). The molecule has 0 atom stereocenters. The number of halogens is 1. The highest BCUT2D eigenvalue weighted by atomic mass is 79.9. The molecule has 0 aromatic heterocycles. The second kappa shape index (κ2) is 6.56. The van der Waals surface area contributed by atoms with Gasteiger partial charge in [0, 0.05) is 16.1 Å². The van der Waals surface area contributed by atoms with Crippen LogP contribution in [-0.4, -0.2) is 5.91 Å². The summed E-state index contributed by atoms with van der Waals surface area (Å²) in [4.78, 5) is 12.4. The normalized spacial score (nSPS) is 17.0. The van der Waals surface area contributed by atoms with E-state index in [1.807, 2.05) is 13.8 Å². The van der Waals surface area contributed by atoms with E-state index in [0.29, 0.717) is 0 Å². The Morgan fingerprint density at radius 1 is 1.11 bits per heavy atom. The van der Waals surface area contributed by atoms with E-state index in [9.17, 15) is 4.79 Å². The van der Waals surface area contributed by atoms with Gasteiger partial charge in [0.2, 0.25) is 5.91 Å². The van der Waals surface area contributed by atoms with Crippen LogP contribution in [-0.2, 0) is 4.79 Å². The molecule has 0 heterocycles. The largest absolute Gasteiger partial charge is 0.325 e. The fourth-order valence-electron chi connectivity index (χ4n) is 2.87. The second-order valence-corrected chi connectivity index (χ2v) is 6.51. The van der Waals surface area contributed by atoms with Crippen LogP contribution in [0.4, 0.5) is 5.69 Å². The minimum absolute atomic E-state index is 0.199. The number of anilines is 1. The van der Waals surface area contributed by atoms with Gasteiger partial charge >= 0.3 is 0 Å². The van der Waals surface area contributed by atoms with Crippen LogP contribution in [0, 0.1) is 19.8 Å². The van der Waals surface area contributed by atoms with E-state index in [4.69, 9.17) is 0 Å². The first kappa shape index (κ1) is 14.6. The summed E-state index contributed by atoms with van der Waals surface area (Å²) in [6.07, 6.45) is 7.02. The van der Waals surface area contributed by atoms with Gasteiger partial charge in [0.25, 0.3) is 0 Å². The van der Waals surface area contributed by atoms with Crippen LogP contribution in [0.3, 0.4) is 0 Å². The van der Waals surface area contributed by atoms with Gasteiger partial charge in [-0.25, -0.2) is 0 Å². The quantitative estimate of drug-likeness (QED) is 0.764. The van der Waals surface area contributed by atoms with Crippen LogP contribution in [0.5, 0.6) is 0 Å². The Balaban J connectivity index is 2.10. The zero-order valence-corrected chi connectivity index (χ0v) is 13.3. The summed E-state index contributed by atoms with van der Waals surface area (Å²) in [6, 6.07) is 4.10. The van der Waals surface area contributed by atoms with Crippen molar-refractivity contribution in [1.29, 1.82) is 0 Å². The lowest BCUT2D eigenvalue weighted by atomic mass is 9.99. The molecule has 2 rings (SSSR count). The molecule has 0 radical (unpaired) electrons. The van der Waals surface area contributed by atoms with Crippen molar-refractivity contribution >= 4 is 27.5 Å². The summed E-state index contributed by atoms with van der Waals surface area (Å²) in [5.74, 6) is 0.403. The maximum Gasteiger partial charge on any atom is 0.227 e. The molecular formula is C16H22BrNO. The number of rotatable bonds is 2.